The van der Waals surface area contributed by atoms with Crippen LogP contribution in [0.5, 0.6) is 0 Å². The molecule has 0 spiro atoms. The Morgan fingerprint density at radius 2 is 2.11 bits per heavy atom. The number of nitrogens with zero attached hydrogens (tertiary/aromatic N) is 3. The first-order chi connectivity index (χ1) is 8.74. The van der Waals surface area contributed by atoms with E-state index in [9.17, 15) is 13.2 Å². The standard InChI is InChI=1S/C11H18ClF3N4/c1-16-9(6-11(13,14)15)10-8(12)7-17-19(10)5-4-18(2)3/h7,9,16H,4-6H2,1-3H3. The molecule has 1 heterocycles. The summed E-state index contributed by atoms with van der Waals surface area (Å²) in [5, 5.41) is 6.94. The predicted octanol–water partition coefficient (Wildman–Crippen LogP) is 2.31. The highest BCUT2D eigenvalue weighted by Gasteiger charge is 2.34. The predicted molar refractivity (Wildman–Crippen MR) is 68.3 cm³/mol. The van der Waals surface area contributed by atoms with E-state index in [1.807, 2.05) is 19.0 Å². The first kappa shape index (κ1) is 16.3. The van der Waals surface area contributed by atoms with Gasteiger partial charge in [-0.3, -0.25) is 4.68 Å². The van der Waals surface area contributed by atoms with Crippen LogP contribution in [0.4, 0.5) is 13.2 Å². The summed E-state index contributed by atoms with van der Waals surface area (Å²) in [5.74, 6) is 0. The smallest absolute Gasteiger partial charge is 0.311 e. The number of nitrogens with one attached hydrogen (secondary N) is 1. The number of alkyl halides is 3. The quantitative estimate of drug-likeness (QED) is 0.875. The molecular weight excluding hydrogens is 281 g/mol. The number of halogens is 4. The molecule has 0 aliphatic heterocycles. The summed E-state index contributed by atoms with van der Waals surface area (Å²) in [4.78, 5) is 1.93. The fourth-order valence-electron chi connectivity index (χ4n) is 1.76. The molecule has 0 amide bonds. The minimum absolute atomic E-state index is 0.252. The molecule has 0 aliphatic rings. The van der Waals surface area contributed by atoms with E-state index in [2.05, 4.69) is 10.4 Å². The van der Waals surface area contributed by atoms with Crippen LogP contribution in [0.1, 0.15) is 18.2 Å². The monoisotopic (exact) mass is 298 g/mol. The fourth-order valence-corrected chi connectivity index (χ4v) is 2.03. The van der Waals surface area contributed by atoms with Gasteiger partial charge in [0.1, 0.15) is 0 Å². The lowest BCUT2D eigenvalue weighted by atomic mass is 10.1. The zero-order valence-corrected chi connectivity index (χ0v) is 11.9. The van der Waals surface area contributed by atoms with E-state index in [0.717, 1.165) is 0 Å². The Balaban J connectivity index is 2.92. The van der Waals surface area contributed by atoms with Gasteiger partial charge >= 0.3 is 6.18 Å². The van der Waals surface area contributed by atoms with Crippen LogP contribution < -0.4 is 5.32 Å². The summed E-state index contributed by atoms with van der Waals surface area (Å²) in [6.45, 7) is 1.17. The van der Waals surface area contributed by atoms with Gasteiger partial charge in [-0.05, 0) is 21.1 Å². The molecule has 1 rings (SSSR count). The van der Waals surface area contributed by atoms with Gasteiger partial charge in [0.15, 0.2) is 0 Å². The lowest BCUT2D eigenvalue weighted by molar-refractivity contribution is -0.140. The highest BCUT2D eigenvalue weighted by Crippen LogP contribution is 2.32. The Hall–Kier alpha value is -0.790. The molecule has 0 aromatic carbocycles. The van der Waals surface area contributed by atoms with Crippen LogP contribution in [0.25, 0.3) is 0 Å². The highest BCUT2D eigenvalue weighted by molar-refractivity contribution is 6.31. The zero-order valence-electron chi connectivity index (χ0n) is 11.1. The lowest BCUT2D eigenvalue weighted by Crippen LogP contribution is -2.28. The van der Waals surface area contributed by atoms with Crippen LogP contribution in [0.15, 0.2) is 6.20 Å². The molecule has 0 saturated carbocycles. The molecule has 110 valence electrons. The van der Waals surface area contributed by atoms with Crippen molar-refractivity contribution >= 4 is 11.6 Å². The Kier molecular flexibility index (Phi) is 5.64. The number of hydrogen-bond donors (Lipinski definition) is 1. The first-order valence-electron chi connectivity index (χ1n) is 5.84. The zero-order chi connectivity index (χ0) is 14.6. The molecule has 1 aromatic heterocycles. The average Bonchev–Trinajstić information content (AvgIpc) is 2.63. The molecule has 0 radical (unpaired) electrons. The second-order valence-electron chi connectivity index (χ2n) is 4.56. The maximum atomic E-state index is 12.5. The molecule has 1 unspecified atom stereocenters. The Morgan fingerprint density at radius 3 is 2.58 bits per heavy atom. The van der Waals surface area contributed by atoms with E-state index in [4.69, 9.17) is 11.6 Å². The summed E-state index contributed by atoms with van der Waals surface area (Å²) < 4.78 is 39.1. The van der Waals surface area contributed by atoms with Gasteiger partial charge in [0.05, 0.1) is 35.9 Å². The highest BCUT2D eigenvalue weighted by atomic mass is 35.5. The molecular formula is C11H18ClF3N4. The van der Waals surface area contributed by atoms with Crippen molar-refractivity contribution < 1.29 is 13.2 Å². The van der Waals surface area contributed by atoms with Crippen molar-refractivity contribution in [3.05, 3.63) is 16.9 Å². The van der Waals surface area contributed by atoms with E-state index in [0.29, 0.717) is 18.8 Å². The maximum absolute atomic E-state index is 12.5. The second kappa shape index (κ2) is 6.58. The molecule has 0 fully saturated rings. The van der Waals surface area contributed by atoms with E-state index >= 15 is 0 Å². The summed E-state index contributed by atoms with van der Waals surface area (Å²) in [6, 6.07) is -0.892. The van der Waals surface area contributed by atoms with Gasteiger partial charge in [-0.15, -0.1) is 0 Å². The Labute approximate surface area is 115 Å². The van der Waals surface area contributed by atoms with Gasteiger partial charge in [0.25, 0.3) is 0 Å². The van der Waals surface area contributed by atoms with Crippen LogP contribution >= 0.6 is 11.6 Å². The van der Waals surface area contributed by atoms with Crippen molar-refractivity contribution in [3.8, 4) is 0 Å². The Morgan fingerprint density at radius 1 is 1.47 bits per heavy atom. The molecule has 0 bridgehead atoms. The fraction of sp³-hybridized carbons (Fsp3) is 0.727. The molecule has 1 N–H and O–H groups in total. The van der Waals surface area contributed by atoms with Crippen molar-refractivity contribution in [3.63, 3.8) is 0 Å². The average molecular weight is 299 g/mol. The minimum atomic E-state index is -4.26. The van der Waals surface area contributed by atoms with Crippen LogP contribution in [0.3, 0.4) is 0 Å². The van der Waals surface area contributed by atoms with Crippen LogP contribution in [0, 0.1) is 0 Å². The van der Waals surface area contributed by atoms with Crippen molar-refractivity contribution in [1.82, 2.24) is 20.0 Å². The van der Waals surface area contributed by atoms with Crippen molar-refractivity contribution in [1.29, 1.82) is 0 Å². The number of hydrogen-bond acceptors (Lipinski definition) is 3. The third-order valence-electron chi connectivity index (χ3n) is 2.71. The first-order valence-corrected chi connectivity index (χ1v) is 6.22. The third kappa shape index (κ3) is 5.00. The van der Waals surface area contributed by atoms with Crippen molar-refractivity contribution in [2.45, 2.75) is 25.2 Å². The second-order valence-corrected chi connectivity index (χ2v) is 4.97. The molecule has 4 nitrogen and oxygen atoms in total. The lowest BCUT2D eigenvalue weighted by Gasteiger charge is -2.21. The van der Waals surface area contributed by atoms with E-state index in [1.165, 1.54) is 17.9 Å². The van der Waals surface area contributed by atoms with Crippen molar-refractivity contribution in [2.75, 3.05) is 27.7 Å². The SMILES string of the molecule is CNC(CC(F)(F)F)c1c(Cl)cnn1CCN(C)C. The van der Waals surface area contributed by atoms with E-state index < -0.39 is 18.6 Å². The van der Waals surface area contributed by atoms with E-state index in [1.54, 1.807) is 0 Å². The number of aromatic nitrogens is 2. The largest absolute Gasteiger partial charge is 0.390 e. The van der Waals surface area contributed by atoms with Gasteiger partial charge in [0.2, 0.25) is 0 Å². The van der Waals surface area contributed by atoms with Crippen LogP contribution in [-0.4, -0.2) is 48.5 Å². The molecule has 19 heavy (non-hydrogen) atoms. The van der Waals surface area contributed by atoms with Crippen molar-refractivity contribution in [2.24, 2.45) is 0 Å². The molecule has 1 atom stereocenters. The van der Waals surface area contributed by atoms with Gasteiger partial charge in [-0.25, -0.2) is 0 Å². The molecule has 1 aromatic rings. The van der Waals surface area contributed by atoms with Gasteiger partial charge in [-0.2, -0.15) is 18.3 Å². The summed E-state index contributed by atoms with van der Waals surface area (Å²) >= 11 is 5.96. The van der Waals surface area contributed by atoms with Gasteiger partial charge in [0, 0.05) is 6.54 Å². The summed E-state index contributed by atoms with van der Waals surface area (Å²) in [7, 11) is 5.25. The molecule has 8 heteroatoms. The molecule has 0 saturated heterocycles. The minimum Gasteiger partial charge on any atom is -0.311 e. The maximum Gasteiger partial charge on any atom is 0.390 e. The summed E-state index contributed by atoms with van der Waals surface area (Å²) in [5.41, 5.74) is 0.378. The van der Waals surface area contributed by atoms with Gasteiger partial charge in [-0.1, -0.05) is 11.6 Å². The topological polar surface area (TPSA) is 33.1 Å². The Bertz CT molecular complexity index is 403. The summed E-state index contributed by atoms with van der Waals surface area (Å²) in [6.07, 6.45) is -3.85. The number of likely N-dealkylation sites (N-methyl/N-ethyl adjacent to an activating group) is 1. The van der Waals surface area contributed by atoms with Crippen LogP contribution in [0.2, 0.25) is 5.02 Å². The van der Waals surface area contributed by atoms with Gasteiger partial charge < -0.3 is 10.2 Å². The normalized spacial score (nSPS) is 14.1. The molecule has 0 aliphatic carbocycles. The number of rotatable bonds is 6. The third-order valence-corrected chi connectivity index (χ3v) is 3.00. The van der Waals surface area contributed by atoms with Crippen LogP contribution in [-0.2, 0) is 6.54 Å². The van der Waals surface area contributed by atoms with E-state index in [-0.39, 0.29) is 5.02 Å².